The molecule has 0 saturated carbocycles. The summed E-state index contributed by atoms with van der Waals surface area (Å²) < 4.78 is 51.4. The quantitative estimate of drug-likeness (QED) is 0.705. The molecule has 3 rings (SSSR count). The largest absolute Gasteiger partial charge is 0.303 e. The van der Waals surface area contributed by atoms with E-state index in [1.807, 2.05) is 0 Å². The van der Waals surface area contributed by atoms with Crippen molar-refractivity contribution in [1.29, 1.82) is 0 Å². The van der Waals surface area contributed by atoms with E-state index < -0.39 is 24.3 Å². The molecule has 2 aromatic rings. The zero-order valence-corrected chi connectivity index (χ0v) is 16.8. The van der Waals surface area contributed by atoms with Gasteiger partial charge in [0.15, 0.2) is 24.3 Å². The van der Waals surface area contributed by atoms with E-state index in [4.69, 9.17) is 0 Å². The van der Waals surface area contributed by atoms with Crippen molar-refractivity contribution in [2.75, 3.05) is 19.6 Å². The molecule has 0 aliphatic carbocycles. The Balaban J connectivity index is 1.96. The van der Waals surface area contributed by atoms with Crippen molar-refractivity contribution < 1.29 is 16.8 Å². The Morgan fingerprint density at radius 3 is 1.59 bits per heavy atom. The minimum Gasteiger partial charge on any atom is -0.303 e. The molecular formula is C20H25NO4S2. The van der Waals surface area contributed by atoms with Gasteiger partial charge < -0.3 is 4.90 Å². The zero-order chi connectivity index (χ0) is 19.3. The van der Waals surface area contributed by atoms with E-state index in [1.165, 1.54) is 30.7 Å². The fourth-order valence-corrected chi connectivity index (χ4v) is 7.98. The molecular weight excluding hydrogens is 382 g/mol. The average molecular weight is 408 g/mol. The molecule has 2 aromatic carbocycles. The summed E-state index contributed by atoms with van der Waals surface area (Å²) >= 11 is 0. The van der Waals surface area contributed by atoms with Gasteiger partial charge in [-0.1, -0.05) is 42.8 Å². The van der Waals surface area contributed by atoms with Crippen LogP contribution in [0.2, 0.25) is 0 Å². The van der Waals surface area contributed by atoms with E-state index in [0.717, 1.165) is 25.9 Å². The molecule has 5 nitrogen and oxygen atoms in total. The molecule has 0 atom stereocenters. The summed E-state index contributed by atoms with van der Waals surface area (Å²) in [6.07, 6.45) is 3.38. The van der Waals surface area contributed by atoms with E-state index in [9.17, 15) is 16.8 Å². The molecule has 1 fully saturated rings. The van der Waals surface area contributed by atoms with E-state index in [-0.39, 0.29) is 16.2 Å². The lowest BCUT2D eigenvalue weighted by molar-refractivity contribution is 0.228. The number of sulfone groups is 2. The monoisotopic (exact) mass is 407 g/mol. The number of hydrogen-bond acceptors (Lipinski definition) is 5. The van der Waals surface area contributed by atoms with Crippen LogP contribution < -0.4 is 0 Å². The lowest BCUT2D eigenvalue weighted by Crippen LogP contribution is -2.37. The zero-order valence-electron chi connectivity index (χ0n) is 15.2. The molecule has 1 heterocycles. The van der Waals surface area contributed by atoms with Gasteiger partial charge in [0.25, 0.3) is 0 Å². The lowest BCUT2D eigenvalue weighted by atomic mass is 10.1. The van der Waals surface area contributed by atoms with E-state index >= 15 is 0 Å². The van der Waals surface area contributed by atoms with Crippen LogP contribution in [0, 0.1) is 0 Å². The van der Waals surface area contributed by atoms with Gasteiger partial charge in [0.1, 0.15) is 0 Å². The number of piperidine rings is 1. The van der Waals surface area contributed by atoms with Crippen LogP contribution in [0.15, 0.2) is 70.5 Å². The Morgan fingerprint density at radius 1 is 0.704 bits per heavy atom. The minimum absolute atomic E-state index is 0.0492. The Labute approximate surface area is 161 Å². The maximum Gasteiger partial charge on any atom is 0.196 e. The maximum absolute atomic E-state index is 13.2. The summed E-state index contributed by atoms with van der Waals surface area (Å²) in [6, 6.07) is 15.7. The molecule has 1 aliphatic rings. The average Bonchev–Trinajstić information content (AvgIpc) is 2.70. The molecule has 7 heteroatoms. The van der Waals surface area contributed by atoms with Crippen molar-refractivity contribution >= 4 is 19.7 Å². The third-order valence-electron chi connectivity index (χ3n) is 4.97. The van der Waals surface area contributed by atoms with Crippen molar-refractivity contribution in [3.8, 4) is 0 Å². The minimum atomic E-state index is -4.02. The van der Waals surface area contributed by atoms with Crippen molar-refractivity contribution in [1.82, 2.24) is 4.90 Å². The molecule has 1 saturated heterocycles. The number of rotatable bonds is 7. The first-order chi connectivity index (χ1) is 12.9. The highest BCUT2D eigenvalue weighted by Crippen LogP contribution is 2.28. The first-order valence-corrected chi connectivity index (χ1v) is 12.3. The van der Waals surface area contributed by atoms with Crippen molar-refractivity contribution in [3.63, 3.8) is 0 Å². The normalized spacial score (nSPS) is 16.5. The smallest absolute Gasteiger partial charge is 0.196 e. The summed E-state index contributed by atoms with van der Waals surface area (Å²) in [7, 11) is -8.04. The van der Waals surface area contributed by atoms with Gasteiger partial charge in [-0.05, 0) is 56.6 Å². The number of benzene rings is 2. The van der Waals surface area contributed by atoms with Gasteiger partial charge in [0, 0.05) is 6.54 Å². The summed E-state index contributed by atoms with van der Waals surface area (Å²) in [5.74, 6) is 0. The van der Waals surface area contributed by atoms with E-state index in [2.05, 4.69) is 4.90 Å². The molecule has 27 heavy (non-hydrogen) atoms. The lowest BCUT2D eigenvalue weighted by Gasteiger charge is -2.28. The Kier molecular flexibility index (Phi) is 6.34. The van der Waals surface area contributed by atoms with Gasteiger partial charge in [-0.25, -0.2) is 16.8 Å². The van der Waals surface area contributed by atoms with Gasteiger partial charge in [0.2, 0.25) is 0 Å². The highest BCUT2D eigenvalue weighted by atomic mass is 32.3. The fourth-order valence-electron chi connectivity index (χ4n) is 3.47. The SMILES string of the molecule is O=S(=O)(c1ccccc1)C(CCN1CCCCC1)S(=O)(=O)c1ccccc1. The predicted octanol–water partition coefficient (Wildman–Crippen LogP) is 3.14. The highest BCUT2D eigenvalue weighted by Gasteiger charge is 2.39. The first-order valence-electron chi connectivity index (χ1n) is 9.22. The molecule has 0 unspecified atom stereocenters. The predicted molar refractivity (Wildman–Crippen MR) is 106 cm³/mol. The van der Waals surface area contributed by atoms with Crippen LogP contribution in [0.1, 0.15) is 25.7 Å². The molecule has 0 aromatic heterocycles. The van der Waals surface area contributed by atoms with Gasteiger partial charge in [-0.15, -0.1) is 0 Å². The first kappa shape index (κ1) is 20.0. The van der Waals surface area contributed by atoms with Crippen molar-refractivity contribution in [2.24, 2.45) is 0 Å². The second-order valence-electron chi connectivity index (χ2n) is 6.84. The van der Waals surface area contributed by atoms with Gasteiger partial charge in [-0.3, -0.25) is 0 Å². The summed E-state index contributed by atoms with van der Waals surface area (Å²) in [4.78, 5) is 2.26. The van der Waals surface area contributed by atoms with Gasteiger partial charge in [-0.2, -0.15) is 0 Å². The molecule has 0 amide bonds. The van der Waals surface area contributed by atoms with Crippen LogP contribution in [-0.2, 0) is 19.7 Å². The molecule has 0 N–H and O–H groups in total. The number of hydrogen-bond donors (Lipinski definition) is 0. The third kappa shape index (κ3) is 4.59. The van der Waals surface area contributed by atoms with Crippen LogP contribution in [0.5, 0.6) is 0 Å². The molecule has 0 spiro atoms. The third-order valence-corrected chi connectivity index (χ3v) is 10.2. The number of likely N-dealkylation sites (tertiary alicyclic amines) is 1. The fraction of sp³-hybridized carbons (Fsp3) is 0.400. The molecule has 1 aliphatic heterocycles. The molecule has 0 radical (unpaired) electrons. The molecule has 146 valence electrons. The highest BCUT2D eigenvalue weighted by molar-refractivity contribution is 8.09. The van der Waals surface area contributed by atoms with Crippen LogP contribution >= 0.6 is 0 Å². The Bertz CT molecular complexity index is 866. The Hall–Kier alpha value is -1.70. The summed E-state index contributed by atoms with van der Waals surface area (Å²) in [5, 5.41) is 0. The Morgan fingerprint density at radius 2 is 1.15 bits per heavy atom. The van der Waals surface area contributed by atoms with Gasteiger partial charge >= 0.3 is 0 Å². The topological polar surface area (TPSA) is 71.5 Å². The van der Waals surface area contributed by atoms with Crippen LogP contribution in [0.25, 0.3) is 0 Å². The maximum atomic E-state index is 13.2. The molecule has 0 bridgehead atoms. The number of nitrogens with zero attached hydrogens (tertiary/aromatic N) is 1. The van der Waals surface area contributed by atoms with E-state index in [1.54, 1.807) is 36.4 Å². The second kappa shape index (κ2) is 8.54. The van der Waals surface area contributed by atoms with E-state index in [0.29, 0.717) is 6.54 Å². The van der Waals surface area contributed by atoms with Crippen molar-refractivity contribution in [2.45, 2.75) is 40.1 Å². The van der Waals surface area contributed by atoms with Crippen LogP contribution in [0.4, 0.5) is 0 Å². The van der Waals surface area contributed by atoms with Crippen LogP contribution in [0.3, 0.4) is 0 Å². The summed E-state index contributed by atoms with van der Waals surface area (Å²) in [6.45, 7) is 2.25. The van der Waals surface area contributed by atoms with Crippen molar-refractivity contribution in [3.05, 3.63) is 60.7 Å². The standard InChI is InChI=1S/C20H25NO4S2/c22-26(23,18-10-4-1-5-11-18)20(14-17-21-15-8-3-9-16-21)27(24,25)19-12-6-2-7-13-19/h1-2,4-7,10-13,20H,3,8-9,14-17H2. The van der Waals surface area contributed by atoms with Gasteiger partial charge in [0.05, 0.1) is 9.79 Å². The summed E-state index contributed by atoms with van der Waals surface area (Å²) in [5.41, 5.74) is 0. The second-order valence-corrected chi connectivity index (χ2v) is 11.4. The van der Waals surface area contributed by atoms with Crippen LogP contribution in [-0.4, -0.2) is 46.0 Å².